The highest BCUT2D eigenvalue weighted by Gasteiger charge is 2.31. The van der Waals surface area contributed by atoms with E-state index in [9.17, 15) is 22.8 Å². The van der Waals surface area contributed by atoms with E-state index in [0.717, 1.165) is 23.1 Å². The van der Waals surface area contributed by atoms with Crippen molar-refractivity contribution in [3.63, 3.8) is 0 Å². The minimum Gasteiger partial charge on any atom is -0.448 e. The van der Waals surface area contributed by atoms with E-state index in [0.29, 0.717) is 0 Å². The standard InChI is InChI=1S/C12H10ClF3N2O3/c13-8-2-1-7(12(14,15)16)5-9(8)17-10(19)6-18-3-4-21-11(18)20/h1-2,5H,3-4,6H2,(H,17,19). The quantitative estimate of drug-likeness (QED) is 0.931. The molecule has 0 radical (unpaired) electrons. The fourth-order valence-corrected chi connectivity index (χ4v) is 1.89. The number of halogens is 4. The van der Waals surface area contributed by atoms with Crippen molar-refractivity contribution < 1.29 is 27.5 Å². The van der Waals surface area contributed by atoms with Crippen LogP contribution in [0.5, 0.6) is 0 Å². The van der Waals surface area contributed by atoms with Gasteiger partial charge in [0.1, 0.15) is 13.2 Å². The first kappa shape index (κ1) is 15.4. The van der Waals surface area contributed by atoms with Gasteiger partial charge in [0.05, 0.1) is 22.8 Å². The first-order valence-corrected chi connectivity index (χ1v) is 6.23. The van der Waals surface area contributed by atoms with Gasteiger partial charge in [0.25, 0.3) is 0 Å². The van der Waals surface area contributed by atoms with Crippen LogP contribution in [0.15, 0.2) is 18.2 Å². The van der Waals surface area contributed by atoms with E-state index < -0.39 is 23.7 Å². The first-order valence-electron chi connectivity index (χ1n) is 5.85. The van der Waals surface area contributed by atoms with Crippen molar-refractivity contribution in [2.24, 2.45) is 0 Å². The minimum absolute atomic E-state index is 0.0275. The molecule has 0 unspecified atom stereocenters. The molecule has 0 bridgehead atoms. The third kappa shape index (κ3) is 3.78. The molecule has 0 spiro atoms. The maximum atomic E-state index is 12.6. The van der Waals surface area contributed by atoms with E-state index >= 15 is 0 Å². The lowest BCUT2D eigenvalue weighted by Gasteiger charge is -2.14. The number of nitrogens with zero attached hydrogens (tertiary/aromatic N) is 1. The molecule has 0 aromatic heterocycles. The number of cyclic esters (lactones) is 1. The van der Waals surface area contributed by atoms with Crippen molar-refractivity contribution in [3.05, 3.63) is 28.8 Å². The van der Waals surface area contributed by atoms with Crippen LogP contribution in [0.4, 0.5) is 23.7 Å². The van der Waals surface area contributed by atoms with Gasteiger partial charge in [0.15, 0.2) is 0 Å². The van der Waals surface area contributed by atoms with E-state index in [-0.39, 0.29) is 30.4 Å². The Balaban J connectivity index is 2.08. The minimum atomic E-state index is -4.54. The van der Waals surface area contributed by atoms with Crippen LogP contribution >= 0.6 is 11.6 Å². The Labute approximate surface area is 122 Å². The predicted molar refractivity (Wildman–Crippen MR) is 68.0 cm³/mol. The summed E-state index contributed by atoms with van der Waals surface area (Å²) >= 11 is 5.75. The summed E-state index contributed by atoms with van der Waals surface area (Å²) in [7, 11) is 0. The van der Waals surface area contributed by atoms with Gasteiger partial charge in [-0.15, -0.1) is 0 Å². The third-order valence-corrected chi connectivity index (χ3v) is 3.08. The van der Waals surface area contributed by atoms with Gasteiger partial charge < -0.3 is 10.1 Å². The van der Waals surface area contributed by atoms with Crippen LogP contribution in [-0.4, -0.2) is 36.6 Å². The van der Waals surface area contributed by atoms with Crippen LogP contribution in [0.25, 0.3) is 0 Å². The summed E-state index contributed by atoms with van der Waals surface area (Å²) < 4.78 is 42.4. The normalized spacial score (nSPS) is 15.0. The van der Waals surface area contributed by atoms with Crippen molar-refractivity contribution in [1.29, 1.82) is 0 Å². The number of carbonyl (C=O) groups excluding carboxylic acids is 2. The zero-order valence-corrected chi connectivity index (χ0v) is 11.3. The largest absolute Gasteiger partial charge is 0.448 e. The highest BCUT2D eigenvalue weighted by molar-refractivity contribution is 6.33. The van der Waals surface area contributed by atoms with Crippen LogP contribution in [0.3, 0.4) is 0 Å². The molecular weight excluding hydrogens is 313 g/mol. The Kier molecular flexibility index (Phi) is 4.26. The number of rotatable bonds is 3. The van der Waals surface area contributed by atoms with Gasteiger partial charge in [-0.2, -0.15) is 13.2 Å². The Morgan fingerprint density at radius 2 is 2.14 bits per heavy atom. The van der Waals surface area contributed by atoms with Gasteiger partial charge in [0.2, 0.25) is 5.91 Å². The summed E-state index contributed by atoms with van der Waals surface area (Å²) in [6, 6.07) is 2.60. The smallest absolute Gasteiger partial charge is 0.416 e. The van der Waals surface area contributed by atoms with Crippen molar-refractivity contribution in [3.8, 4) is 0 Å². The molecule has 2 rings (SSSR count). The summed E-state index contributed by atoms with van der Waals surface area (Å²) in [5.41, 5.74) is -1.09. The molecule has 1 fully saturated rings. The van der Waals surface area contributed by atoms with Crippen LogP contribution in [0.2, 0.25) is 5.02 Å². The number of hydrogen-bond acceptors (Lipinski definition) is 3. The van der Waals surface area contributed by atoms with Crippen LogP contribution in [-0.2, 0) is 15.7 Å². The highest BCUT2D eigenvalue weighted by Crippen LogP contribution is 2.33. The number of nitrogens with one attached hydrogen (secondary N) is 1. The molecule has 0 atom stereocenters. The molecule has 0 saturated carbocycles. The Morgan fingerprint density at radius 3 is 2.71 bits per heavy atom. The maximum absolute atomic E-state index is 12.6. The number of amides is 2. The number of carbonyl (C=O) groups is 2. The average Bonchev–Trinajstić information content (AvgIpc) is 2.76. The molecule has 1 heterocycles. The SMILES string of the molecule is O=C(CN1CCOC1=O)Nc1cc(C(F)(F)F)ccc1Cl. The molecule has 1 aliphatic rings. The molecule has 1 N–H and O–H groups in total. The molecule has 0 aliphatic carbocycles. The Morgan fingerprint density at radius 1 is 1.43 bits per heavy atom. The van der Waals surface area contributed by atoms with Gasteiger partial charge in [-0.25, -0.2) is 4.79 Å². The molecule has 1 aliphatic heterocycles. The van der Waals surface area contributed by atoms with Gasteiger partial charge in [-0.1, -0.05) is 11.6 Å². The maximum Gasteiger partial charge on any atom is 0.416 e. The third-order valence-electron chi connectivity index (χ3n) is 2.75. The van der Waals surface area contributed by atoms with Crippen LogP contribution in [0.1, 0.15) is 5.56 Å². The van der Waals surface area contributed by atoms with E-state index in [1.165, 1.54) is 0 Å². The summed E-state index contributed by atoms with van der Waals surface area (Å²) in [5, 5.41) is 2.22. The molecule has 21 heavy (non-hydrogen) atoms. The van der Waals surface area contributed by atoms with Gasteiger partial charge >= 0.3 is 12.3 Å². The van der Waals surface area contributed by atoms with Gasteiger partial charge in [-0.3, -0.25) is 9.69 Å². The van der Waals surface area contributed by atoms with E-state index in [1.807, 2.05) is 0 Å². The zero-order chi connectivity index (χ0) is 15.6. The summed E-state index contributed by atoms with van der Waals surface area (Å²) in [6.45, 7) is 0.115. The first-order chi connectivity index (χ1) is 9.77. The van der Waals surface area contributed by atoms with Crippen molar-refractivity contribution in [2.45, 2.75) is 6.18 Å². The molecule has 1 aromatic carbocycles. The molecule has 114 valence electrons. The topological polar surface area (TPSA) is 58.6 Å². The second kappa shape index (κ2) is 5.80. The fraction of sp³-hybridized carbons (Fsp3) is 0.333. The molecular formula is C12H10ClF3N2O3. The molecule has 9 heteroatoms. The number of hydrogen-bond donors (Lipinski definition) is 1. The van der Waals surface area contributed by atoms with Crippen molar-refractivity contribution in [2.75, 3.05) is 25.0 Å². The van der Waals surface area contributed by atoms with Crippen molar-refractivity contribution >= 4 is 29.3 Å². The number of anilines is 1. The molecule has 2 amide bonds. The highest BCUT2D eigenvalue weighted by atomic mass is 35.5. The van der Waals surface area contributed by atoms with Crippen LogP contribution < -0.4 is 5.32 Å². The number of benzene rings is 1. The second-order valence-corrected chi connectivity index (χ2v) is 4.68. The van der Waals surface area contributed by atoms with Gasteiger partial charge in [0, 0.05) is 0 Å². The lowest BCUT2D eigenvalue weighted by atomic mass is 10.2. The molecule has 1 saturated heterocycles. The average molecular weight is 323 g/mol. The Hall–Kier alpha value is -1.96. The number of ether oxygens (including phenoxy) is 1. The van der Waals surface area contributed by atoms with Gasteiger partial charge in [-0.05, 0) is 18.2 Å². The lowest BCUT2D eigenvalue weighted by Crippen LogP contribution is -2.33. The fourth-order valence-electron chi connectivity index (χ4n) is 1.73. The van der Waals surface area contributed by atoms with E-state index in [4.69, 9.17) is 11.6 Å². The lowest BCUT2D eigenvalue weighted by molar-refractivity contribution is -0.137. The van der Waals surface area contributed by atoms with Crippen molar-refractivity contribution in [1.82, 2.24) is 4.90 Å². The summed E-state index contributed by atoms with van der Waals surface area (Å²) in [5.74, 6) is -0.657. The predicted octanol–water partition coefficient (Wildman–Crippen LogP) is 2.75. The zero-order valence-electron chi connectivity index (χ0n) is 10.5. The Bertz CT molecular complexity index is 577. The second-order valence-electron chi connectivity index (χ2n) is 4.28. The summed E-state index contributed by atoms with van der Waals surface area (Å²) in [4.78, 5) is 24.0. The molecule has 1 aromatic rings. The van der Waals surface area contributed by atoms with Crippen LogP contribution in [0, 0.1) is 0 Å². The monoisotopic (exact) mass is 322 g/mol. The van der Waals surface area contributed by atoms with E-state index in [1.54, 1.807) is 0 Å². The summed E-state index contributed by atoms with van der Waals surface area (Å²) in [6.07, 6.45) is -5.18. The van der Waals surface area contributed by atoms with E-state index in [2.05, 4.69) is 10.1 Å². The molecule has 5 nitrogen and oxygen atoms in total. The number of alkyl halides is 3.